The molecule has 1 radical (unpaired) electrons. The Kier molecular flexibility index (Phi) is 24.8. The quantitative estimate of drug-likeness (QED) is 0.601. The zero-order valence-corrected chi connectivity index (χ0v) is 15.6. The third-order valence-corrected chi connectivity index (χ3v) is 2.93. The van der Waals surface area contributed by atoms with Gasteiger partial charge in [-0.2, -0.15) is 0 Å². The fourth-order valence-corrected chi connectivity index (χ4v) is 0.341. The van der Waals surface area contributed by atoms with Crippen LogP contribution in [0.5, 0.6) is 0 Å². The Morgan fingerprint density at radius 3 is 0.682 bits per heavy atom. The van der Waals surface area contributed by atoms with E-state index in [0.717, 1.165) is 18.9 Å². The van der Waals surface area contributed by atoms with E-state index in [1.807, 2.05) is 0 Å². The van der Waals surface area contributed by atoms with Crippen LogP contribution in [0.3, 0.4) is 0 Å². The van der Waals surface area contributed by atoms with Crippen molar-refractivity contribution in [2.24, 2.45) is 17.8 Å². The second kappa shape index (κ2) is 18.5. The first-order chi connectivity index (χ1) is 9.54. The first-order valence-corrected chi connectivity index (χ1v) is 6.95. The summed E-state index contributed by atoms with van der Waals surface area (Å²) in [6, 6.07) is 0. The van der Waals surface area contributed by atoms with Gasteiger partial charge in [-0.25, -0.2) is 0 Å². The zero-order chi connectivity index (χ0) is 17.6. The monoisotopic (exact) mass is 357 g/mol. The molecule has 0 aliphatic carbocycles. The van der Waals surface area contributed by atoms with E-state index in [9.17, 15) is 14.4 Å². The normalized spacial score (nSPS) is 17.3. The summed E-state index contributed by atoms with van der Waals surface area (Å²) in [6.45, 7) is 9.82. The number of hydrogen-bond acceptors (Lipinski definition) is 6. The molecule has 0 bridgehead atoms. The van der Waals surface area contributed by atoms with Crippen molar-refractivity contribution in [3.8, 4) is 0 Å². The fourth-order valence-electron chi connectivity index (χ4n) is 0.341. The average molecular weight is 357 g/mol. The molecule has 0 saturated carbocycles. The van der Waals surface area contributed by atoms with E-state index in [0.29, 0.717) is 0 Å². The van der Waals surface area contributed by atoms with Gasteiger partial charge in [0.1, 0.15) is 18.9 Å². The molecule has 6 nitrogen and oxygen atoms in total. The van der Waals surface area contributed by atoms with E-state index in [-0.39, 0.29) is 36.3 Å². The van der Waals surface area contributed by atoms with E-state index < -0.39 is 18.3 Å². The van der Waals surface area contributed by atoms with Crippen molar-refractivity contribution in [2.75, 3.05) is 0 Å². The Morgan fingerprint density at radius 2 is 0.682 bits per heavy atom. The van der Waals surface area contributed by atoms with Gasteiger partial charge in [-0.15, -0.1) is 0 Å². The topological polar surface area (TPSA) is 112 Å². The van der Waals surface area contributed by atoms with Gasteiger partial charge in [-0.3, -0.25) is 0 Å². The first kappa shape index (κ1) is 29.5. The van der Waals surface area contributed by atoms with Crippen LogP contribution < -0.4 is 0 Å². The largest absolute Gasteiger partial charge is 0.393 e. The first-order valence-electron chi connectivity index (χ1n) is 6.95. The molecular weight excluding hydrogens is 327 g/mol. The summed E-state index contributed by atoms with van der Waals surface area (Å²) < 4.78 is 0. The molecule has 22 heavy (non-hydrogen) atoms. The van der Waals surface area contributed by atoms with Crippen LogP contribution in [-0.4, -0.2) is 52.5 Å². The van der Waals surface area contributed by atoms with Crippen LogP contribution >= 0.6 is 0 Å². The molecule has 0 aromatic rings. The smallest absolute Gasteiger partial charge is 0.125 e. The summed E-state index contributed by atoms with van der Waals surface area (Å²) in [5, 5.41) is 25.8. The summed E-state index contributed by atoms with van der Waals surface area (Å²) in [4.78, 5) is 29.4. The van der Waals surface area contributed by atoms with E-state index in [1.54, 1.807) is 41.5 Å². The van der Waals surface area contributed by atoms with Crippen molar-refractivity contribution in [3.63, 3.8) is 0 Å². The van der Waals surface area contributed by atoms with Crippen LogP contribution in [0.25, 0.3) is 0 Å². The third-order valence-electron chi connectivity index (χ3n) is 2.93. The molecule has 0 amide bonds. The molecule has 0 aliphatic heterocycles. The second-order valence-electron chi connectivity index (χ2n) is 5.21. The minimum absolute atomic E-state index is 0. The van der Waals surface area contributed by atoms with Crippen molar-refractivity contribution in [3.05, 3.63) is 0 Å². The Balaban J connectivity index is -0.000000108. The number of aldehydes is 3. The predicted molar refractivity (Wildman–Crippen MR) is 80.7 cm³/mol. The van der Waals surface area contributed by atoms with Gasteiger partial charge in [0.05, 0.1) is 18.3 Å². The van der Waals surface area contributed by atoms with Crippen LogP contribution in [-0.2, 0) is 32.9 Å². The van der Waals surface area contributed by atoms with Gasteiger partial charge in [-0.05, 0) is 20.8 Å². The van der Waals surface area contributed by atoms with E-state index in [4.69, 9.17) is 15.3 Å². The van der Waals surface area contributed by atoms with Crippen molar-refractivity contribution in [2.45, 2.75) is 59.9 Å². The number of aliphatic hydroxyl groups excluding tert-OH is 3. The van der Waals surface area contributed by atoms with Gasteiger partial charge in [0.2, 0.25) is 0 Å². The number of carbonyl (C=O) groups is 3. The molecule has 7 heteroatoms. The van der Waals surface area contributed by atoms with E-state index in [2.05, 4.69) is 0 Å². The molecule has 0 saturated heterocycles. The Morgan fingerprint density at radius 1 is 0.545 bits per heavy atom. The van der Waals surface area contributed by atoms with Gasteiger partial charge in [0.25, 0.3) is 0 Å². The minimum Gasteiger partial charge on any atom is -0.393 e. The van der Waals surface area contributed by atoms with Crippen LogP contribution in [0, 0.1) is 17.8 Å². The molecule has 0 heterocycles. The summed E-state index contributed by atoms with van der Waals surface area (Å²) in [5.74, 6) is -0.667. The van der Waals surface area contributed by atoms with Crippen molar-refractivity contribution >= 4 is 18.9 Å². The fraction of sp³-hybridized carbons (Fsp3) is 0.800. The van der Waals surface area contributed by atoms with Crippen LogP contribution in [0.4, 0.5) is 0 Å². The molecule has 6 unspecified atom stereocenters. The van der Waals surface area contributed by atoms with E-state index in [1.165, 1.54) is 0 Å². The summed E-state index contributed by atoms with van der Waals surface area (Å²) >= 11 is 0. The second-order valence-corrected chi connectivity index (χ2v) is 5.21. The Labute approximate surface area is 145 Å². The maximum absolute atomic E-state index is 9.79. The van der Waals surface area contributed by atoms with Crippen LogP contribution in [0.2, 0.25) is 0 Å². The minimum atomic E-state index is -0.502. The van der Waals surface area contributed by atoms with Gasteiger partial charge >= 0.3 is 0 Å². The molecule has 0 spiro atoms. The molecule has 0 aliphatic rings. The van der Waals surface area contributed by atoms with Crippen LogP contribution in [0.1, 0.15) is 41.5 Å². The van der Waals surface area contributed by atoms with Crippen LogP contribution in [0.15, 0.2) is 0 Å². The number of carbonyl (C=O) groups excluding carboxylic acids is 3. The van der Waals surface area contributed by atoms with Gasteiger partial charge < -0.3 is 29.7 Å². The molecule has 0 aromatic carbocycles. The Bertz CT molecular complexity index is 226. The van der Waals surface area contributed by atoms with Gasteiger partial charge in [-0.1, -0.05) is 20.8 Å². The van der Waals surface area contributed by atoms with Gasteiger partial charge in [0, 0.05) is 36.3 Å². The maximum Gasteiger partial charge on any atom is 0.125 e. The zero-order valence-electron chi connectivity index (χ0n) is 14.2. The van der Waals surface area contributed by atoms with Crippen molar-refractivity contribution < 1.29 is 48.3 Å². The molecule has 0 rings (SSSR count). The summed E-state index contributed by atoms with van der Waals surface area (Å²) in [7, 11) is 0. The number of aliphatic hydroxyl groups is 3. The predicted octanol–water partition coefficient (Wildman–Crippen LogP) is 0.604. The average Bonchev–Trinajstić information content (AvgIpc) is 2.45. The third kappa shape index (κ3) is 21.8. The molecule has 3 N–H and O–H groups in total. The molecule has 0 fully saturated rings. The number of hydrogen-bond donors (Lipinski definition) is 3. The number of rotatable bonds is 6. The summed E-state index contributed by atoms with van der Waals surface area (Å²) in [6.07, 6.45) is 0.715. The Hall–Kier alpha value is -0.526. The standard InChI is InChI=1S/3C5H10O2.V/c3*1-4(3-6)5(2)7;/h3*3-5,7H,1-2H3;. The molecule has 131 valence electrons. The molecular formula is C15H30O6V. The van der Waals surface area contributed by atoms with Crippen molar-refractivity contribution in [1.29, 1.82) is 0 Å². The molecule has 0 aromatic heterocycles. The summed E-state index contributed by atoms with van der Waals surface area (Å²) in [5.41, 5.74) is 0. The van der Waals surface area contributed by atoms with Gasteiger partial charge in [0.15, 0.2) is 0 Å². The van der Waals surface area contributed by atoms with E-state index >= 15 is 0 Å². The van der Waals surface area contributed by atoms with Crippen molar-refractivity contribution in [1.82, 2.24) is 0 Å². The molecule has 6 atom stereocenters. The maximum atomic E-state index is 9.79. The SMILES string of the molecule is CC(O)C(C)C=O.CC(O)C(C)C=O.CC(O)C(C)C=O.[V].